The van der Waals surface area contributed by atoms with Gasteiger partial charge in [-0.05, 0) is 68.6 Å². The highest BCUT2D eigenvalue weighted by atomic mass is 16.3. The standard InChI is InChI=1S/C19H29N3O2/c1-13-20-3-5-22(13)4-2-18(24)21-12-17(23)19-9-14-6-15(10-19)8-16(7-14)11-19/h3,5,14-17,23H,2,4,6-12H2,1H3,(H,21,24)/t14?,15?,16?,17-,19?/m0/s1. The van der Waals surface area contributed by atoms with Crippen molar-refractivity contribution >= 4 is 5.91 Å². The van der Waals surface area contributed by atoms with Crippen LogP contribution in [0.1, 0.15) is 50.8 Å². The van der Waals surface area contributed by atoms with Crippen LogP contribution >= 0.6 is 0 Å². The first-order chi connectivity index (χ1) is 11.5. The van der Waals surface area contributed by atoms with Crippen LogP contribution in [-0.4, -0.2) is 33.2 Å². The number of hydrogen-bond donors (Lipinski definition) is 2. The van der Waals surface area contributed by atoms with Crippen molar-refractivity contribution in [1.29, 1.82) is 0 Å². The predicted octanol–water partition coefficient (Wildman–Crippen LogP) is 2.28. The lowest BCUT2D eigenvalue weighted by molar-refractivity contribution is -0.129. The maximum absolute atomic E-state index is 12.1. The number of aromatic nitrogens is 2. The van der Waals surface area contributed by atoms with Crippen LogP contribution in [0.2, 0.25) is 0 Å². The summed E-state index contributed by atoms with van der Waals surface area (Å²) in [5.41, 5.74) is 0.0863. The number of nitrogens with zero attached hydrogens (tertiary/aromatic N) is 2. The summed E-state index contributed by atoms with van der Waals surface area (Å²) in [4.78, 5) is 16.3. The maximum atomic E-state index is 12.1. The molecule has 1 aromatic rings. The van der Waals surface area contributed by atoms with Crippen LogP contribution in [-0.2, 0) is 11.3 Å². The molecule has 4 fully saturated rings. The van der Waals surface area contributed by atoms with Gasteiger partial charge in [-0.2, -0.15) is 0 Å². The summed E-state index contributed by atoms with van der Waals surface area (Å²) in [5, 5.41) is 13.8. The zero-order chi connectivity index (χ0) is 16.7. The van der Waals surface area contributed by atoms with Crippen LogP contribution in [0.3, 0.4) is 0 Å². The number of aliphatic hydroxyl groups excluding tert-OH is 1. The summed E-state index contributed by atoms with van der Waals surface area (Å²) < 4.78 is 1.98. The van der Waals surface area contributed by atoms with Gasteiger partial charge in [0.1, 0.15) is 5.82 Å². The van der Waals surface area contributed by atoms with Crippen molar-refractivity contribution < 1.29 is 9.90 Å². The highest BCUT2D eigenvalue weighted by Crippen LogP contribution is 2.61. The lowest BCUT2D eigenvalue weighted by Crippen LogP contribution is -2.54. The van der Waals surface area contributed by atoms with Crippen molar-refractivity contribution in [1.82, 2.24) is 14.9 Å². The Bertz CT molecular complexity index is 574. The second kappa shape index (κ2) is 6.17. The Hall–Kier alpha value is -1.36. The quantitative estimate of drug-likeness (QED) is 0.840. The summed E-state index contributed by atoms with van der Waals surface area (Å²) in [6, 6.07) is 0. The Balaban J connectivity index is 1.28. The van der Waals surface area contributed by atoms with Crippen LogP contribution < -0.4 is 5.32 Å². The second-order valence-corrected chi connectivity index (χ2v) is 8.52. The minimum Gasteiger partial charge on any atom is -0.391 e. The molecule has 0 unspecified atom stereocenters. The third kappa shape index (κ3) is 2.99. The number of imidazole rings is 1. The molecular weight excluding hydrogens is 302 g/mol. The van der Waals surface area contributed by atoms with E-state index in [1.165, 1.54) is 38.5 Å². The lowest BCUT2D eigenvalue weighted by atomic mass is 9.48. The molecule has 4 aliphatic carbocycles. The Morgan fingerprint density at radius 1 is 1.33 bits per heavy atom. The van der Waals surface area contributed by atoms with Gasteiger partial charge in [-0.1, -0.05) is 0 Å². The van der Waals surface area contributed by atoms with Crippen LogP contribution in [0.25, 0.3) is 0 Å². The molecule has 4 bridgehead atoms. The molecule has 1 atom stereocenters. The number of amides is 1. The summed E-state index contributed by atoms with van der Waals surface area (Å²) >= 11 is 0. The number of hydrogen-bond acceptors (Lipinski definition) is 3. The molecule has 4 aliphatic rings. The molecule has 0 spiro atoms. The van der Waals surface area contributed by atoms with E-state index in [1.807, 2.05) is 17.7 Å². The molecule has 24 heavy (non-hydrogen) atoms. The third-order valence-electron chi connectivity index (χ3n) is 6.79. The monoisotopic (exact) mass is 331 g/mol. The fourth-order valence-corrected chi connectivity index (χ4v) is 5.96. The van der Waals surface area contributed by atoms with E-state index in [9.17, 15) is 9.90 Å². The van der Waals surface area contributed by atoms with Crippen LogP contribution in [0.15, 0.2) is 12.4 Å². The average Bonchev–Trinajstić information content (AvgIpc) is 2.94. The van der Waals surface area contributed by atoms with Gasteiger partial charge in [-0.3, -0.25) is 4.79 Å². The van der Waals surface area contributed by atoms with E-state index in [4.69, 9.17) is 0 Å². The van der Waals surface area contributed by atoms with Gasteiger partial charge in [0, 0.05) is 31.9 Å². The SMILES string of the molecule is Cc1nccn1CCC(=O)NC[C@H](O)C12CC3CC(CC(C3)C1)C2. The van der Waals surface area contributed by atoms with Crippen molar-refractivity contribution in [2.45, 2.75) is 64.5 Å². The topological polar surface area (TPSA) is 67.2 Å². The minimum atomic E-state index is -0.384. The first-order valence-corrected chi connectivity index (χ1v) is 9.46. The average molecular weight is 331 g/mol. The number of carbonyl (C=O) groups excluding carboxylic acids is 1. The van der Waals surface area contributed by atoms with Crippen molar-refractivity contribution in [2.24, 2.45) is 23.2 Å². The lowest BCUT2D eigenvalue weighted by Gasteiger charge is -2.58. The normalized spacial score (nSPS) is 35.2. The zero-order valence-corrected chi connectivity index (χ0v) is 14.6. The largest absolute Gasteiger partial charge is 0.391 e. The van der Waals surface area contributed by atoms with Crippen molar-refractivity contribution in [3.63, 3.8) is 0 Å². The summed E-state index contributed by atoms with van der Waals surface area (Å²) in [6.45, 7) is 2.99. The molecule has 1 aromatic heterocycles. The molecule has 1 heterocycles. The number of carbonyl (C=O) groups is 1. The first kappa shape index (κ1) is 16.1. The summed E-state index contributed by atoms with van der Waals surface area (Å²) in [6.07, 6.45) is 11.3. The molecule has 132 valence electrons. The molecular formula is C19H29N3O2. The Morgan fingerprint density at radius 2 is 1.96 bits per heavy atom. The van der Waals surface area contributed by atoms with Gasteiger partial charge >= 0.3 is 0 Å². The molecule has 0 aliphatic heterocycles. The fourth-order valence-electron chi connectivity index (χ4n) is 5.96. The molecule has 0 saturated heterocycles. The highest BCUT2D eigenvalue weighted by molar-refractivity contribution is 5.75. The Kier molecular flexibility index (Phi) is 4.15. The molecule has 0 aromatic carbocycles. The van der Waals surface area contributed by atoms with Gasteiger partial charge in [0.15, 0.2) is 0 Å². The van der Waals surface area contributed by atoms with E-state index in [0.29, 0.717) is 19.5 Å². The Labute approximate surface area is 143 Å². The van der Waals surface area contributed by atoms with Gasteiger partial charge in [0.25, 0.3) is 0 Å². The zero-order valence-electron chi connectivity index (χ0n) is 14.6. The molecule has 2 N–H and O–H groups in total. The number of aryl methyl sites for hydroxylation is 2. The first-order valence-electron chi connectivity index (χ1n) is 9.46. The molecule has 5 nitrogen and oxygen atoms in total. The van der Waals surface area contributed by atoms with Gasteiger partial charge in [-0.15, -0.1) is 0 Å². The molecule has 0 radical (unpaired) electrons. The summed E-state index contributed by atoms with van der Waals surface area (Å²) in [7, 11) is 0. The van der Waals surface area contributed by atoms with Gasteiger partial charge in [0.2, 0.25) is 5.91 Å². The van der Waals surface area contributed by atoms with E-state index in [2.05, 4.69) is 10.3 Å². The van der Waals surface area contributed by atoms with E-state index in [-0.39, 0.29) is 17.4 Å². The number of aliphatic hydroxyl groups is 1. The van der Waals surface area contributed by atoms with E-state index in [0.717, 1.165) is 23.6 Å². The molecule has 1 amide bonds. The molecule has 5 heteroatoms. The van der Waals surface area contributed by atoms with Crippen LogP contribution in [0, 0.1) is 30.1 Å². The predicted molar refractivity (Wildman–Crippen MR) is 91.2 cm³/mol. The van der Waals surface area contributed by atoms with E-state index < -0.39 is 0 Å². The fraction of sp³-hybridized carbons (Fsp3) is 0.789. The minimum absolute atomic E-state index is 0.0203. The van der Waals surface area contributed by atoms with Crippen molar-refractivity contribution in [3.05, 3.63) is 18.2 Å². The number of nitrogens with one attached hydrogen (secondary N) is 1. The van der Waals surface area contributed by atoms with Gasteiger partial charge in [0.05, 0.1) is 6.10 Å². The molecule has 5 rings (SSSR count). The van der Waals surface area contributed by atoms with Gasteiger partial charge < -0.3 is 15.0 Å². The third-order valence-corrected chi connectivity index (χ3v) is 6.79. The highest BCUT2D eigenvalue weighted by Gasteiger charge is 2.53. The van der Waals surface area contributed by atoms with Crippen LogP contribution in [0.5, 0.6) is 0 Å². The van der Waals surface area contributed by atoms with Gasteiger partial charge in [-0.25, -0.2) is 4.98 Å². The number of rotatable bonds is 6. The Morgan fingerprint density at radius 3 is 2.50 bits per heavy atom. The van der Waals surface area contributed by atoms with E-state index in [1.54, 1.807) is 6.20 Å². The smallest absolute Gasteiger partial charge is 0.221 e. The summed E-state index contributed by atoms with van der Waals surface area (Å²) in [5.74, 6) is 3.42. The second-order valence-electron chi connectivity index (χ2n) is 8.52. The maximum Gasteiger partial charge on any atom is 0.221 e. The van der Waals surface area contributed by atoms with Crippen LogP contribution in [0.4, 0.5) is 0 Å². The molecule has 4 saturated carbocycles. The van der Waals surface area contributed by atoms with E-state index >= 15 is 0 Å². The van der Waals surface area contributed by atoms with Crippen molar-refractivity contribution in [3.8, 4) is 0 Å². The van der Waals surface area contributed by atoms with Crippen molar-refractivity contribution in [2.75, 3.05) is 6.54 Å².